The van der Waals surface area contributed by atoms with Gasteiger partial charge in [0.25, 0.3) is 5.79 Å². The van der Waals surface area contributed by atoms with Crippen molar-refractivity contribution in [2.45, 2.75) is 101 Å². The predicted molar refractivity (Wildman–Crippen MR) is 128 cm³/mol. The molecule has 0 unspecified atom stereocenters. The lowest BCUT2D eigenvalue weighted by molar-refractivity contribution is -0.455. The van der Waals surface area contributed by atoms with Gasteiger partial charge in [-0.2, -0.15) is 0 Å². The maximum atomic E-state index is 6.98. The second-order valence-electron chi connectivity index (χ2n) is 10.9. The van der Waals surface area contributed by atoms with Crippen LogP contribution in [0.15, 0.2) is 42.7 Å². The molecule has 3 aliphatic heterocycles. The van der Waals surface area contributed by atoms with Gasteiger partial charge in [0.15, 0.2) is 8.32 Å². The van der Waals surface area contributed by atoms with Gasteiger partial charge in [0.05, 0.1) is 13.2 Å². The second kappa shape index (κ2) is 8.88. The molecule has 3 saturated heterocycles. The third-order valence-corrected chi connectivity index (χ3v) is 12.1. The molecule has 5 nitrogen and oxygen atoms in total. The van der Waals surface area contributed by atoms with Crippen LogP contribution in [0.3, 0.4) is 0 Å². The first-order chi connectivity index (χ1) is 15.1. The standard InChI is InChI=1S/C26H40O5Si/c1-20-22(23(21-14-8-7-9-15-21)31-32(5,6)24(2,3)4)30-26(17-11-13-19-28-26)25(29-20)16-10-12-18-27-25/h7-9,14-15,22-23H,1,10-13,16-19H2,2-6H3/t22-,23+,25-,26-/m1/s1. The predicted octanol–water partition coefficient (Wildman–Crippen LogP) is 6.47. The van der Waals surface area contributed by atoms with Crippen LogP contribution in [0.5, 0.6) is 0 Å². The molecule has 0 radical (unpaired) electrons. The molecule has 3 aliphatic rings. The highest BCUT2D eigenvalue weighted by Gasteiger charge is 2.64. The van der Waals surface area contributed by atoms with Crippen LogP contribution in [-0.4, -0.2) is 39.2 Å². The fourth-order valence-corrected chi connectivity index (χ4v) is 5.94. The zero-order chi connectivity index (χ0) is 23.0. The minimum Gasteiger partial charge on any atom is -0.459 e. The van der Waals surface area contributed by atoms with Crippen molar-refractivity contribution in [2.75, 3.05) is 13.2 Å². The van der Waals surface area contributed by atoms with Crippen molar-refractivity contribution in [1.82, 2.24) is 0 Å². The molecule has 1 aromatic rings. The van der Waals surface area contributed by atoms with Crippen LogP contribution in [0.2, 0.25) is 18.1 Å². The minimum absolute atomic E-state index is 0.0591. The van der Waals surface area contributed by atoms with Gasteiger partial charge in [-0.1, -0.05) is 57.7 Å². The highest BCUT2D eigenvalue weighted by Crippen LogP contribution is 2.53. The Morgan fingerprint density at radius 3 is 2.09 bits per heavy atom. The molecule has 1 aromatic carbocycles. The molecular formula is C26H40O5Si. The van der Waals surface area contributed by atoms with Gasteiger partial charge in [0.1, 0.15) is 18.0 Å². The van der Waals surface area contributed by atoms with Gasteiger partial charge in [-0.25, -0.2) is 0 Å². The van der Waals surface area contributed by atoms with Crippen LogP contribution in [0.1, 0.15) is 71.0 Å². The molecule has 178 valence electrons. The Morgan fingerprint density at radius 2 is 1.56 bits per heavy atom. The normalized spacial score (nSPS) is 32.7. The van der Waals surface area contributed by atoms with Crippen molar-refractivity contribution in [3.63, 3.8) is 0 Å². The van der Waals surface area contributed by atoms with Gasteiger partial charge in [-0.3, -0.25) is 0 Å². The van der Waals surface area contributed by atoms with Gasteiger partial charge in [0, 0.05) is 12.8 Å². The smallest absolute Gasteiger partial charge is 0.264 e. The maximum absolute atomic E-state index is 6.98. The Hall–Kier alpha value is -1.18. The summed E-state index contributed by atoms with van der Waals surface area (Å²) in [6, 6.07) is 10.3. The number of ether oxygens (including phenoxy) is 4. The molecule has 3 fully saturated rings. The molecule has 0 aromatic heterocycles. The molecule has 0 amide bonds. The van der Waals surface area contributed by atoms with E-state index >= 15 is 0 Å². The third-order valence-electron chi connectivity index (χ3n) is 7.61. The summed E-state index contributed by atoms with van der Waals surface area (Å²) in [5.41, 5.74) is 1.07. The van der Waals surface area contributed by atoms with E-state index in [0.29, 0.717) is 19.0 Å². The van der Waals surface area contributed by atoms with E-state index in [-0.39, 0.29) is 11.1 Å². The molecule has 0 aliphatic carbocycles. The Morgan fingerprint density at radius 1 is 0.969 bits per heavy atom. The molecular weight excluding hydrogens is 420 g/mol. The lowest BCUT2D eigenvalue weighted by Crippen LogP contribution is -2.68. The lowest BCUT2D eigenvalue weighted by atomic mass is 9.88. The first kappa shape index (κ1) is 24.0. The monoisotopic (exact) mass is 460 g/mol. The lowest BCUT2D eigenvalue weighted by Gasteiger charge is -2.57. The van der Waals surface area contributed by atoms with Crippen molar-refractivity contribution in [3.05, 3.63) is 48.2 Å². The first-order valence-corrected chi connectivity index (χ1v) is 15.1. The van der Waals surface area contributed by atoms with Gasteiger partial charge >= 0.3 is 0 Å². The Labute approximate surface area is 194 Å². The van der Waals surface area contributed by atoms with Gasteiger partial charge in [-0.15, -0.1) is 0 Å². The SMILES string of the molecule is C=C1O[C@]2(CCCCO2)[C@@]2(CCCCO2)O[C@H]1[C@@H](O[Si](C)(C)C(C)(C)C)c1ccccc1. The van der Waals surface area contributed by atoms with Gasteiger partial charge in [-0.05, 0) is 49.4 Å². The number of benzene rings is 1. The van der Waals surface area contributed by atoms with Crippen LogP contribution < -0.4 is 0 Å². The van der Waals surface area contributed by atoms with Crippen LogP contribution in [0.25, 0.3) is 0 Å². The highest BCUT2D eigenvalue weighted by molar-refractivity contribution is 6.74. The van der Waals surface area contributed by atoms with E-state index in [9.17, 15) is 0 Å². The molecule has 0 N–H and O–H groups in total. The first-order valence-electron chi connectivity index (χ1n) is 12.2. The fraction of sp³-hybridized carbons (Fsp3) is 0.692. The molecule has 4 atom stereocenters. The summed E-state index contributed by atoms with van der Waals surface area (Å²) >= 11 is 0. The quantitative estimate of drug-likeness (QED) is 0.482. The number of rotatable bonds is 4. The van der Waals surface area contributed by atoms with Crippen molar-refractivity contribution >= 4 is 8.32 Å². The maximum Gasteiger partial charge on any atom is 0.264 e. The topological polar surface area (TPSA) is 46.2 Å². The van der Waals surface area contributed by atoms with Crippen LogP contribution >= 0.6 is 0 Å². The summed E-state index contributed by atoms with van der Waals surface area (Å²) in [5, 5.41) is 0.0591. The molecule has 0 bridgehead atoms. The van der Waals surface area contributed by atoms with E-state index in [1.54, 1.807) is 0 Å². The average Bonchev–Trinajstić information content (AvgIpc) is 2.76. The largest absolute Gasteiger partial charge is 0.459 e. The zero-order valence-corrected chi connectivity index (χ0v) is 21.4. The van der Waals surface area contributed by atoms with Crippen molar-refractivity contribution in [1.29, 1.82) is 0 Å². The van der Waals surface area contributed by atoms with Crippen LogP contribution in [-0.2, 0) is 23.4 Å². The molecule has 2 spiro atoms. The average molecular weight is 461 g/mol. The van der Waals surface area contributed by atoms with Gasteiger partial charge in [0.2, 0.25) is 5.79 Å². The Bertz CT molecular complexity index is 788. The zero-order valence-electron chi connectivity index (χ0n) is 20.4. The second-order valence-corrected chi connectivity index (χ2v) is 15.7. The third kappa shape index (κ3) is 4.32. The summed E-state index contributed by atoms with van der Waals surface area (Å²) in [4.78, 5) is 0. The van der Waals surface area contributed by atoms with E-state index < -0.39 is 26.0 Å². The highest BCUT2D eigenvalue weighted by atomic mass is 28.4. The number of fused-ring (bicyclic) bond motifs is 1. The summed E-state index contributed by atoms with van der Waals surface area (Å²) in [7, 11) is -2.12. The van der Waals surface area contributed by atoms with E-state index in [1.165, 1.54) is 0 Å². The summed E-state index contributed by atoms with van der Waals surface area (Å²) in [5.74, 6) is -1.28. The molecule has 6 heteroatoms. The van der Waals surface area contributed by atoms with Crippen molar-refractivity contribution < 1.29 is 23.4 Å². The molecule has 32 heavy (non-hydrogen) atoms. The Kier molecular flexibility index (Phi) is 6.65. The van der Waals surface area contributed by atoms with E-state index in [4.69, 9.17) is 23.4 Å². The molecule has 0 saturated carbocycles. The van der Waals surface area contributed by atoms with E-state index in [2.05, 4.69) is 52.6 Å². The molecule has 4 rings (SSSR count). The summed E-state index contributed by atoms with van der Waals surface area (Å²) < 4.78 is 33.2. The van der Waals surface area contributed by atoms with Crippen molar-refractivity contribution in [2.24, 2.45) is 0 Å². The number of hydrogen-bond donors (Lipinski definition) is 0. The van der Waals surface area contributed by atoms with Crippen LogP contribution in [0, 0.1) is 0 Å². The summed E-state index contributed by atoms with van der Waals surface area (Å²) in [6.45, 7) is 16.9. The summed E-state index contributed by atoms with van der Waals surface area (Å²) in [6.07, 6.45) is 4.79. The number of hydrogen-bond acceptors (Lipinski definition) is 5. The fourth-order valence-electron chi connectivity index (χ4n) is 4.69. The Balaban J connectivity index is 1.72. The molecule has 3 heterocycles. The van der Waals surface area contributed by atoms with Crippen LogP contribution in [0.4, 0.5) is 0 Å². The van der Waals surface area contributed by atoms with E-state index in [0.717, 1.165) is 44.1 Å². The van der Waals surface area contributed by atoms with E-state index in [1.807, 2.05) is 18.2 Å². The minimum atomic E-state index is -2.12. The van der Waals surface area contributed by atoms with Crippen molar-refractivity contribution in [3.8, 4) is 0 Å². The van der Waals surface area contributed by atoms with Gasteiger partial charge < -0.3 is 23.4 Å².